The Morgan fingerprint density at radius 3 is 1.95 bits per heavy atom. The Bertz CT molecular complexity index is 930. The molecule has 1 rings (SSSR count). The van der Waals surface area contributed by atoms with Crippen LogP contribution in [0.4, 0.5) is 0 Å². The van der Waals surface area contributed by atoms with Crippen LogP contribution in [0.15, 0.2) is 24.3 Å². The second-order valence-electron chi connectivity index (χ2n) is 8.40. The van der Waals surface area contributed by atoms with Crippen LogP contribution in [0.3, 0.4) is 0 Å². The first-order chi connectivity index (χ1) is 17.5. The van der Waals surface area contributed by atoms with Gasteiger partial charge < -0.3 is 42.7 Å². The van der Waals surface area contributed by atoms with Crippen LogP contribution < -0.4 is 27.4 Å². The maximum absolute atomic E-state index is 13.1. The molecule has 10 N–H and O–H groups in total. The van der Waals surface area contributed by atoms with Gasteiger partial charge in [0.05, 0.1) is 6.04 Å². The summed E-state index contributed by atoms with van der Waals surface area (Å²) in [6.45, 7) is 0.451. The zero-order chi connectivity index (χ0) is 28.0. The lowest BCUT2D eigenvalue weighted by molar-refractivity contribution is -0.143. The predicted molar refractivity (Wildman–Crippen MR) is 137 cm³/mol. The molecule has 1 aromatic rings. The van der Waals surface area contributed by atoms with E-state index in [-0.39, 0.29) is 24.3 Å². The molecule has 0 aromatic heterocycles. The summed E-state index contributed by atoms with van der Waals surface area (Å²) in [5.74, 6) is -5.06. The molecule has 4 unspecified atom stereocenters. The first-order valence-corrected chi connectivity index (χ1v) is 12.3. The minimum atomic E-state index is -1.48. The molecule has 0 saturated heterocycles. The number of hydrogen-bond donors (Lipinski definition) is 9. The number of nitrogens with two attached hydrogens (primary N) is 2. The average Bonchev–Trinajstić information content (AvgIpc) is 2.85. The van der Waals surface area contributed by atoms with Crippen molar-refractivity contribution < 1.29 is 39.3 Å². The Hall–Kier alpha value is -3.36. The van der Waals surface area contributed by atoms with Crippen LogP contribution in [0, 0.1) is 0 Å². The predicted octanol–water partition coefficient (Wildman–Crippen LogP) is -1.28. The molecule has 0 aliphatic heterocycles. The van der Waals surface area contributed by atoms with Crippen LogP contribution in [0.25, 0.3) is 0 Å². The van der Waals surface area contributed by atoms with Gasteiger partial charge in [-0.05, 0) is 43.5 Å². The molecule has 14 heteroatoms. The second kappa shape index (κ2) is 16.4. The molecular formula is C23H35N5O8S. The molecule has 4 atom stereocenters. The smallest absolute Gasteiger partial charge is 0.326 e. The van der Waals surface area contributed by atoms with Crippen molar-refractivity contribution >= 4 is 42.3 Å². The van der Waals surface area contributed by atoms with E-state index in [1.165, 1.54) is 12.1 Å². The Morgan fingerprint density at radius 2 is 1.41 bits per heavy atom. The molecular weight excluding hydrogens is 506 g/mol. The number of thiol groups is 1. The van der Waals surface area contributed by atoms with Gasteiger partial charge in [-0.2, -0.15) is 12.6 Å². The Kier molecular flexibility index (Phi) is 14.0. The van der Waals surface area contributed by atoms with Crippen LogP contribution in [-0.2, 0) is 30.4 Å². The molecule has 206 valence electrons. The molecule has 3 amide bonds. The summed E-state index contributed by atoms with van der Waals surface area (Å²) < 4.78 is 0. The van der Waals surface area contributed by atoms with Crippen molar-refractivity contribution in [1.82, 2.24) is 16.0 Å². The van der Waals surface area contributed by atoms with Crippen molar-refractivity contribution in [2.24, 2.45) is 11.5 Å². The molecule has 0 spiro atoms. The van der Waals surface area contributed by atoms with E-state index < -0.39 is 60.2 Å². The Labute approximate surface area is 219 Å². The second-order valence-corrected chi connectivity index (χ2v) is 8.76. The van der Waals surface area contributed by atoms with Crippen molar-refractivity contribution in [2.45, 2.75) is 62.7 Å². The number of carboxylic acids is 2. The fourth-order valence-electron chi connectivity index (χ4n) is 3.26. The molecule has 1 aromatic carbocycles. The third kappa shape index (κ3) is 11.9. The van der Waals surface area contributed by atoms with Crippen molar-refractivity contribution in [3.63, 3.8) is 0 Å². The zero-order valence-corrected chi connectivity index (χ0v) is 21.2. The number of carbonyl (C=O) groups is 5. The van der Waals surface area contributed by atoms with Gasteiger partial charge in [-0.25, -0.2) is 4.79 Å². The van der Waals surface area contributed by atoms with E-state index in [4.69, 9.17) is 16.6 Å². The first kappa shape index (κ1) is 31.7. The molecule has 0 fully saturated rings. The summed E-state index contributed by atoms with van der Waals surface area (Å²) in [4.78, 5) is 60.5. The lowest BCUT2D eigenvalue weighted by atomic mass is 10.0. The summed E-state index contributed by atoms with van der Waals surface area (Å²) in [6.07, 6.45) is 0.817. The van der Waals surface area contributed by atoms with Crippen molar-refractivity contribution in [1.29, 1.82) is 0 Å². The van der Waals surface area contributed by atoms with Crippen LogP contribution in [0.5, 0.6) is 5.75 Å². The van der Waals surface area contributed by atoms with Crippen LogP contribution >= 0.6 is 12.6 Å². The highest BCUT2D eigenvalue weighted by molar-refractivity contribution is 7.80. The van der Waals surface area contributed by atoms with Gasteiger partial charge in [-0.1, -0.05) is 18.6 Å². The van der Waals surface area contributed by atoms with Gasteiger partial charge >= 0.3 is 11.9 Å². The van der Waals surface area contributed by atoms with E-state index in [1.54, 1.807) is 12.1 Å². The van der Waals surface area contributed by atoms with E-state index in [1.807, 2.05) is 0 Å². The maximum Gasteiger partial charge on any atom is 0.326 e. The van der Waals surface area contributed by atoms with Crippen LogP contribution in [-0.4, -0.2) is 81.4 Å². The Morgan fingerprint density at radius 1 is 0.838 bits per heavy atom. The quantitative estimate of drug-likeness (QED) is 0.0837. The van der Waals surface area contributed by atoms with Crippen molar-refractivity contribution in [2.75, 3.05) is 12.3 Å². The van der Waals surface area contributed by atoms with Gasteiger partial charge in [0, 0.05) is 18.6 Å². The first-order valence-electron chi connectivity index (χ1n) is 11.7. The van der Waals surface area contributed by atoms with Gasteiger partial charge in [0.1, 0.15) is 23.9 Å². The third-order valence-electron chi connectivity index (χ3n) is 5.39. The maximum atomic E-state index is 13.1. The number of amides is 3. The number of aromatic hydroxyl groups is 1. The van der Waals surface area contributed by atoms with E-state index >= 15 is 0 Å². The summed E-state index contributed by atoms with van der Waals surface area (Å²) >= 11 is 4.06. The number of hydrogen-bond acceptors (Lipinski definition) is 9. The number of carboxylic acid groups (broad SMARTS) is 2. The molecule has 0 heterocycles. The van der Waals surface area contributed by atoms with Gasteiger partial charge in [-0.15, -0.1) is 0 Å². The fraction of sp³-hybridized carbons (Fsp3) is 0.522. The SMILES string of the molecule is NCCCCC(N)C(=O)NC(Cc1ccc(O)cc1)C(=O)NC(CS)C(=O)NC(CCC(=O)O)C(=O)O. The van der Waals surface area contributed by atoms with Crippen molar-refractivity contribution in [3.8, 4) is 5.75 Å². The van der Waals surface area contributed by atoms with E-state index in [9.17, 15) is 34.2 Å². The van der Waals surface area contributed by atoms with Gasteiger partial charge in [0.15, 0.2) is 0 Å². The van der Waals surface area contributed by atoms with Gasteiger partial charge in [0.25, 0.3) is 0 Å². The topological polar surface area (TPSA) is 234 Å². The number of rotatable bonds is 17. The molecule has 13 nitrogen and oxygen atoms in total. The summed E-state index contributed by atoms with van der Waals surface area (Å²) in [7, 11) is 0. The summed E-state index contributed by atoms with van der Waals surface area (Å²) in [5.41, 5.74) is 12.0. The van der Waals surface area contributed by atoms with Crippen LogP contribution in [0.2, 0.25) is 0 Å². The zero-order valence-electron chi connectivity index (χ0n) is 20.3. The highest BCUT2D eigenvalue weighted by Gasteiger charge is 2.30. The summed E-state index contributed by atoms with van der Waals surface area (Å²) in [5, 5.41) is 34.8. The minimum absolute atomic E-state index is 0.00461. The number of phenols is 1. The van der Waals surface area contributed by atoms with E-state index in [0.717, 1.165) is 0 Å². The highest BCUT2D eigenvalue weighted by Crippen LogP contribution is 2.12. The standard InChI is InChI=1S/C23H35N5O8S/c24-10-2-1-3-15(25)20(32)27-17(11-13-4-6-14(29)7-5-13)21(33)28-18(12-37)22(34)26-16(23(35)36)8-9-19(30)31/h4-7,15-18,29,37H,1-3,8-12,24-25H2,(H,26,34)(H,27,32)(H,28,33)(H,30,31)(H,35,36). The number of carbonyl (C=O) groups excluding carboxylic acids is 3. The molecule has 0 radical (unpaired) electrons. The third-order valence-corrected chi connectivity index (χ3v) is 5.76. The normalized spacial score (nSPS) is 14.0. The number of nitrogens with one attached hydrogen (secondary N) is 3. The minimum Gasteiger partial charge on any atom is -0.508 e. The Balaban J connectivity index is 2.98. The van der Waals surface area contributed by atoms with Crippen LogP contribution in [0.1, 0.15) is 37.7 Å². The number of aliphatic carboxylic acids is 2. The van der Waals surface area contributed by atoms with E-state index in [2.05, 4.69) is 28.6 Å². The molecule has 0 saturated carbocycles. The highest BCUT2D eigenvalue weighted by atomic mass is 32.1. The van der Waals surface area contributed by atoms with Crippen molar-refractivity contribution in [3.05, 3.63) is 29.8 Å². The molecule has 0 aliphatic carbocycles. The van der Waals surface area contributed by atoms with Gasteiger partial charge in [-0.3, -0.25) is 19.2 Å². The molecule has 37 heavy (non-hydrogen) atoms. The average molecular weight is 542 g/mol. The number of unbranched alkanes of at least 4 members (excludes halogenated alkanes) is 1. The van der Waals surface area contributed by atoms with E-state index in [0.29, 0.717) is 31.4 Å². The number of benzene rings is 1. The fourth-order valence-corrected chi connectivity index (χ4v) is 3.52. The van der Waals surface area contributed by atoms with Gasteiger partial charge in [0.2, 0.25) is 17.7 Å². The lowest BCUT2D eigenvalue weighted by Crippen LogP contribution is -2.58. The lowest BCUT2D eigenvalue weighted by Gasteiger charge is -2.24. The largest absolute Gasteiger partial charge is 0.508 e. The summed E-state index contributed by atoms with van der Waals surface area (Å²) in [6, 6.07) is 1.14. The number of phenolic OH excluding ortho intramolecular Hbond substituents is 1. The monoisotopic (exact) mass is 541 g/mol. The molecule has 0 aliphatic rings. The molecule has 0 bridgehead atoms.